The summed E-state index contributed by atoms with van der Waals surface area (Å²) in [4.78, 5) is 13.3. The van der Waals surface area contributed by atoms with Crippen molar-refractivity contribution >= 4 is 33.3 Å². The molecule has 316 valence electrons. The summed E-state index contributed by atoms with van der Waals surface area (Å²) in [5.74, 6) is 3.40. The third-order valence-electron chi connectivity index (χ3n) is 13.3. The fourth-order valence-electron chi connectivity index (χ4n) is 10.3. The second-order valence-electron chi connectivity index (χ2n) is 20.4. The molecule has 8 aromatic rings. The predicted molar refractivity (Wildman–Crippen MR) is 264 cm³/mol. The van der Waals surface area contributed by atoms with Gasteiger partial charge in [0.05, 0.1) is 17.1 Å². The highest BCUT2D eigenvalue weighted by molar-refractivity contribution is 6.14. The van der Waals surface area contributed by atoms with Gasteiger partial charge in [-0.1, -0.05) is 113 Å². The summed E-state index contributed by atoms with van der Waals surface area (Å²) in [5, 5.41) is 2.38. The maximum absolute atomic E-state index is 6.96. The van der Waals surface area contributed by atoms with Gasteiger partial charge < -0.3 is 9.64 Å². The second-order valence-corrected chi connectivity index (χ2v) is 20.4. The Bertz CT molecular complexity index is 3180. The van der Waals surface area contributed by atoms with Gasteiger partial charge in [0, 0.05) is 34.3 Å². The highest BCUT2D eigenvalue weighted by atomic mass is 16.5. The molecule has 5 nitrogen and oxygen atoms in total. The largest absolute Gasteiger partial charge is 0.457 e. The summed E-state index contributed by atoms with van der Waals surface area (Å²) in [6, 6.07) is 42.8. The number of hydrogen-bond donors (Lipinski definition) is 0. The number of rotatable bonds is 5. The Morgan fingerprint density at radius 1 is 0.524 bits per heavy atom. The van der Waals surface area contributed by atoms with Crippen molar-refractivity contribution < 1.29 is 4.74 Å². The molecule has 2 aliphatic rings. The number of aliphatic imine (C=N–C) groups is 1. The molecule has 0 N–H and O–H groups in total. The number of fused-ring (bicyclic) bond motifs is 9. The summed E-state index contributed by atoms with van der Waals surface area (Å²) in [6.45, 7) is 26.8. The highest BCUT2D eigenvalue weighted by Crippen LogP contribution is 2.55. The fourth-order valence-corrected chi connectivity index (χ4v) is 10.3. The van der Waals surface area contributed by atoms with E-state index >= 15 is 0 Å². The lowest BCUT2D eigenvalue weighted by atomic mass is 9.78. The van der Waals surface area contributed by atoms with E-state index in [4.69, 9.17) is 14.7 Å². The second kappa shape index (κ2) is 14.6. The molecule has 0 radical (unpaired) electrons. The van der Waals surface area contributed by atoms with Crippen molar-refractivity contribution in [2.24, 2.45) is 4.99 Å². The Kier molecular flexibility index (Phi) is 9.38. The molecule has 0 saturated heterocycles. The van der Waals surface area contributed by atoms with Crippen LogP contribution in [0.3, 0.4) is 0 Å². The van der Waals surface area contributed by atoms with Crippen molar-refractivity contribution in [3.63, 3.8) is 0 Å². The summed E-state index contributed by atoms with van der Waals surface area (Å²) in [6.07, 6.45) is 1.94. The van der Waals surface area contributed by atoms with Crippen LogP contribution in [-0.2, 0) is 10.8 Å². The van der Waals surface area contributed by atoms with Crippen LogP contribution in [0.15, 0.2) is 126 Å². The minimum Gasteiger partial charge on any atom is -0.457 e. The molecule has 63 heavy (non-hydrogen) atoms. The lowest BCUT2D eigenvalue weighted by Crippen LogP contribution is -2.35. The molecule has 0 bridgehead atoms. The standard InChI is InChI=1S/C58H58N4O/c1-33-13-17-45-47(27-33)48-28-34(2)14-18-46(48)55-53(45)60-56(62(55)54-37(5)23-35(3)24-38(54)6)39-25-36(4)26-43(29-39)63-42-16-19-44-49-30-40(57(7,8)9)15-20-50(49)61(51(44)32-42)52-31-41(21-22-59-52)58(10,11)12/h13-32,53,55H,1-12H3/t53-,55+/m1/s1. The van der Waals surface area contributed by atoms with E-state index in [1.165, 1.54) is 77.7 Å². The van der Waals surface area contributed by atoms with Crippen LogP contribution in [0.25, 0.3) is 38.8 Å². The fraction of sp³-hybridized carbons (Fsp3) is 0.276. The van der Waals surface area contributed by atoms with Crippen molar-refractivity contribution in [2.45, 2.75) is 106 Å². The van der Waals surface area contributed by atoms with E-state index in [-0.39, 0.29) is 22.9 Å². The Balaban J connectivity index is 1.12. The summed E-state index contributed by atoms with van der Waals surface area (Å²) in [7, 11) is 0. The van der Waals surface area contributed by atoms with Gasteiger partial charge >= 0.3 is 0 Å². The maximum Gasteiger partial charge on any atom is 0.137 e. The molecular weight excluding hydrogens is 769 g/mol. The lowest BCUT2D eigenvalue weighted by molar-refractivity contribution is 0.483. The Labute approximate surface area is 373 Å². The molecule has 2 aromatic heterocycles. The molecule has 5 heteroatoms. The van der Waals surface area contributed by atoms with E-state index in [0.29, 0.717) is 0 Å². The molecule has 0 fully saturated rings. The zero-order chi connectivity index (χ0) is 44.3. The van der Waals surface area contributed by atoms with Crippen molar-refractivity contribution in [1.29, 1.82) is 0 Å². The molecule has 0 spiro atoms. The highest BCUT2D eigenvalue weighted by Gasteiger charge is 2.45. The van der Waals surface area contributed by atoms with Crippen LogP contribution in [-0.4, -0.2) is 15.4 Å². The lowest BCUT2D eigenvalue weighted by Gasteiger charge is -2.38. The van der Waals surface area contributed by atoms with Crippen molar-refractivity contribution in [3.8, 4) is 28.4 Å². The molecule has 0 saturated carbocycles. The minimum atomic E-state index is -0.0793. The van der Waals surface area contributed by atoms with Crippen LogP contribution in [0.1, 0.15) is 115 Å². The molecule has 10 rings (SSSR count). The van der Waals surface area contributed by atoms with Gasteiger partial charge in [-0.15, -0.1) is 0 Å². The van der Waals surface area contributed by atoms with E-state index in [9.17, 15) is 0 Å². The first-order valence-corrected chi connectivity index (χ1v) is 22.4. The SMILES string of the molecule is Cc1cc(Oc2ccc3c4cc(C(C)(C)C)ccc4n(-c4cc(C(C)(C)C)ccn4)c3c2)cc(C2=N[C@@H]3c4ccc(C)cc4-c4cc(C)ccc4[C@@H]3N2c2c(C)cc(C)cc2C)c1. The predicted octanol–water partition coefficient (Wildman–Crippen LogP) is 15.1. The van der Waals surface area contributed by atoms with Crippen molar-refractivity contribution in [1.82, 2.24) is 9.55 Å². The van der Waals surface area contributed by atoms with Gasteiger partial charge in [0.1, 0.15) is 29.2 Å². The van der Waals surface area contributed by atoms with Gasteiger partial charge in [0.15, 0.2) is 0 Å². The number of aryl methyl sites for hydroxylation is 6. The monoisotopic (exact) mass is 826 g/mol. The van der Waals surface area contributed by atoms with Crippen molar-refractivity contribution in [3.05, 3.63) is 183 Å². The van der Waals surface area contributed by atoms with Crippen molar-refractivity contribution in [2.75, 3.05) is 4.90 Å². The average Bonchev–Trinajstić information content (AvgIpc) is 3.76. The number of pyridine rings is 1. The molecule has 6 aromatic carbocycles. The van der Waals surface area contributed by atoms with Gasteiger partial charge in [-0.2, -0.15) is 0 Å². The van der Waals surface area contributed by atoms with Crippen LogP contribution in [0.2, 0.25) is 0 Å². The van der Waals surface area contributed by atoms with Crippen LogP contribution in [0.5, 0.6) is 11.5 Å². The van der Waals surface area contributed by atoms with E-state index in [2.05, 4.69) is 208 Å². The quantitative estimate of drug-likeness (QED) is 0.174. The van der Waals surface area contributed by atoms with Crippen LogP contribution in [0, 0.1) is 41.5 Å². The zero-order valence-corrected chi connectivity index (χ0v) is 38.9. The number of anilines is 1. The Morgan fingerprint density at radius 2 is 1.17 bits per heavy atom. The van der Waals surface area contributed by atoms with E-state index in [1.807, 2.05) is 6.20 Å². The average molecular weight is 827 g/mol. The molecule has 1 aliphatic carbocycles. The number of aromatic nitrogens is 2. The van der Waals surface area contributed by atoms with Crippen LogP contribution < -0.4 is 9.64 Å². The minimum absolute atomic E-state index is 0.00989. The third-order valence-corrected chi connectivity index (χ3v) is 13.3. The first-order valence-electron chi connectivity index (χ1n) is 22.4. The van der Waals surface area contributed by atoms with Crippen LogP contribution in [0.4, 0.5) is 5.69 Å². The number of nitrogens with zero attached hydrogens (tertiary/aromatic N) is 4. The molecular formula is C58H58N4O. The molecule has 1 aliphatic heterocycles. The van der Waals surface area contributed by atoms with Crippen LogP contribution >= 0.6 is 0 Å². The summed E-state index contributed by atoms with van der Waals surface area (Å²) < 4.78 is 9.27. The normalized spacial score (nSPS) is 16.0. The molecule has 0 unspecified atom stereocenters. The van der Waals surface area contributed by atoms with Gasteiger partial charge in [0.2, 0.25) is 0 Å². The topological polar surface area (TPSA) is 42.6 Å². The van der Waals surface area contributed by atoms with E-state index in [0.717, 1.165) is 45.3 Å². The number of amidine groups is 1. The first-order chi connectivity index (χ1) is 29.9. The molecule has 3 heterocycles. The Hall–Kier alpha value is -6.46. The number of ether oxygens (including phenoxy) is 1. The Morgan fingerprint density at radius 3 is 1.87 bits per heavy atom. The van der Waals surface area contributed by atoms with Gasteiger partial charge in [0.25, 0.3) is 0 Å². The summed E-state index contributed by atoms with van der Waals surface area (Å²) in [5.41, 5.74) is 19.5. The molecule has 0 amide bonds. The van der Waals surface area contributed by atoms with E-state index < -0.39 is 0 Å². The van der Waals surface area contributed by atoms with Gasteiger partial charge in [-0.3, -0.25) is 9.56 Å². The number of hydrogen-bond acceptors (Lipinski definition) is 4. The maximum atomic E-state index is 6.96. The molecule has 2 atom stereocenters. The summed E-state index contributed by atoms with van der Waals surface area (Å²) >= 11 is 0. The smallest absolute Gasteiger partial charge is 0.137 e. The zero-order valence-electron chi connectivity index (χ0n) is 38.9. The third kappa shape index (κ3) is 6.93. The van der Waals surface area contributed by atoms with E-state index in [1.54, 1.807) is 0 Å². The van der Waals surface area contributed by atoms with Gasteiger partial charge in [-0.25, -0.2) is 4.98 Å². The number of benzene rings is 6. The van der Waals surface area contributed by atoms with Gasteiger partial charge in [-0.05, 0) is 157 Å². The first kappa shape index (κ1) is 40.6.